The minimum atomic E-state index is -1.18. The molecule has 0 fully saturated rings. The van der Waals surface area contributed by atoms with Gasteiger partial charge in [-0.25, -0.2) is 0 Å². The molecule has 0 saturated heterocycles. The van der Waals surface area contributed by atoms with Gasteiger partial charge in [-0.1, -0.05) is 49.2 Å². The zero-order valence-corrected chi connectivity index (χ0v) is 15.2. The number of rotatable bonds is 9. The lowest BCUT2D eigenvalue weighted by molar-refractivity contribution is -0.191. The Hall–Kier alpha value is -1.76. The highest BCUT2D eigenvalue weighted by Crippen LogP contribution is 2.22. The highest BCUT2D eigenvalue weighted by molar-refractivity contribution is 6.40. The van der Waals surface area contributed by atoms with E-state index in [-0.39, 0.29) is 12.2 Å². The van der Waals surface area contributed by atoms with E-state index in [0.717, 1.165) is 51.7 Å². The van der Waals surface area contributed by atoms with Crippen LogP contribution in [0.2, 0.25) is 6.32 Å². The molecule has 0 saturated carbocycles. The van der Waals surface area contributed by atoms with Crippen molar-refractivity contribution in [3.63, 3.8) is 0 Å². The minimum absolute atomic E-state index is 0.213. The first-order chi connectivity index (χ1) is 12.6. The third-order valence-corrected chi connectivity index (χ3v) is 4.54. The number of hydrogen-bond donors (Lipinski definition) is 3. The molecule has 1 aromatic rings. The van der Waals surface area contributed by atoms with Crippen LogP contribution in [-0.4, -0.2) is 53.9 Å². The number of unbranched alkanes of at least 4 members (excludes halogenated alkanes) is 1. The topological polar surface area (TPSA) is 104 Å². The fourth-order valence-corrected chi connectivity index (χ4v) is 3.05. The molecule has 0 amide bonds. The van der Waals surface area contributed by atoms with Crippen molar-refractivity contribution in [2.24, 2.45) is 5.73 Å². The summed E-state index contributed by atoms with van der Waals surface area (Å²) in [5.74, 6) is 0. The van der Waals surface area contributed by atoms with E-state index < -0.39 is 7.12 Å². The second-order valence-electron chi connectivity index (χ2n) is 6.54. The number of benzene rings is 1. The Morgan fingerprint density at radius 2 is 1.85 bits per heavy atom. The molecule has 0 bridgehead atoms. The fraction of sp³-hybridized carbons (Fsp3) is 0.526. The van der Waals surface area contributed by atoms with Crippen LogP contribution in [0.3, 0.4) is 0 Å². The molecule has 0 spiro atoms. The summed E-state index contributed by atoms with van der Waals surface area (Å²) in [5, 5.41) is 17.6. The van der Waals surface area contributed by atoms with Crippen molar-refractivity contribution in [1.82, 2.24) is 4.90 Å². The monoisotopic (exact) mass is 360 g/mol. The first-order valence-electron chi connectivity index (χ1n) is 9.14. The fourth-order valence-electron chi connectivity index (χ4n) is 3.05. The van der Waals surface area contributed by atoms with E-state index in [9.17, 15) is 0 Å². The van der Waals surface area contributed by atoms with Crippen molar-refractivity contribution in [1.29, 1.82) is 0 Å². The third kappa shape index (κ3) is 9.66. The molecule has 0 radical (unpaired) electrons. The Morgan fingerprint density at radius 3 is 2.42 bits per heavy atom. The molecule has 1 atom stereocenters. The number of carbonyl (C=O) groups excluding carboxylic acids is 2. The molecule has 1 aliphatic heterocycles. The van der Waals surface area contributed by atoms with Crippen LogP contribution in [0.15, 0.2) is 36.4 Å². The van der Waals surface area contributed by atoms with E-state index in [1.54, 1.807) is 0 Å². The molecule has 1 unspecified atom stereocenters. The molecule has 0 aromatic heterocycles. The lowest BCUT2D eigenvalue weighted by atomic mass is 9.83. The molecule has 1 heterocycles. The van der Waals surface area contributed by atoms with Gasteiger partial charge >= 0.3 is 13.3 Å². The summed E-state index contributed by atoms with van der Waals surface area (Å²) >= 11 is 0. The number of nitrogens with two attached hydrogens (primary N) is 1. The largest absolute Gasteiger partial charge is 0.451 e. The molecule has 7 heteroatoms. The molecule has 2 rings (SSSR count). The highest BCUT2D eigenvalue weighted by Gasteiger charge is 2.14. The van der Waals surface area contributed by atoms with Crippen molar-refractivity contribution in [3.8, 4) is 0 Å². The maximum Gasteiger partial charge on any atom is 0.451 e. The Balaban J connectivity index is 0.00000105. The second-order valence-corrected chi connectivity index (χ2v) is 6.54. The molecule has 142 valence electrons. The first-order valence-corrected chi connectivity index (χ1v) is 9.14. The van der Waals surface area contributed by atoms with Gasteiger partial charge in [0.05, 0.1) is 0 Å². The van der Waals surface area contributed by atoms with Crippen molar-refractivity contribution in [3.05, 3.63) is 42.0 Å². The van der Waals surface area contributed by atoms with E-state index in [4.69, 9.17) is 25.4 Å². The lowest BCUT2D eigenvalue weighted by Crippen LogP contribution is -2.33. The van der Waals surface area contributed by atoms with Crippen molar-refractivity contribution in [2.75, 3.05) is 19.6 Å². The molecule has 6 nitrogen and oxygen atoms in total. The standard InChI is InChI=1S/C18H29BN2O2.CO2/c20-18(8-4-5-12-19(22)23)11-15-21-13-9-17(10-14-21)16-6-2-1-3-7-16;2-1-3/h1-3,6-7,9,18,22-23H,4-5,8,10-15,20H2;. The molecule has 1 aliphatic rings. The van der Waals surface area contributed by atoms with E-state index in [0.29, 0.717) is 6.32 Å². The summed E-state index contributed by atoms with van der Waals surface area (Å²) < 4.78 is 0. The van der Waals surface area contributed by atoms with Gasteiger partial charge in [-0.3, -0.25) is 4.90 Å². The summed E-state index contributed by atoms with van der Waals surface area (Å²) in [5.41, 5.74) is 8.95. The van der Waals surface area contributed by atoms with Crippen LogP contribution in [-0.2, 0) is 9.59 Å². The maximum atomic E-state index is 8.81. The van der Waals surface area contributed by atoms with E-state index >= 15 is 0 Å². The maximum absolute atomic E-state index is 8.81. The summed E-state index contributed by atoms with van der Waals surface area (Å²) in [4.78, 5) is 18.7. The molecule has 26 heavy (non-hydrogen) atoms. The van der Waals surface area contributed by atoms with E-state index in [2.05, 4.69) is 41.3 Å². The molecule has 4 N–H and O–H groups in total. The zero-order valence-electron chi connectivity index (χ0n) is 15.2. The number of hydrogen-bond acceptors (Lipinski definition) is 6. The second kappa shape index (κ2) is 13.4. The van der Waals surface area contributed by atoms with Crippen molar-refractivity contribution >= 4 is 18.8 Å². The van der Waals surface area contributed by atoms with Gasteiger partial charge < -0.3 is 15.8 Å². The first kappa shape index (κ1) is 22.3. The van der Waals surface area contributed by atoms with Gasteiger partial charge in [-0.05, 0) is 43.3 Å². The SMILES string of the molecule is NC(CCCCB(O)O)CCN1CC=C(c2ccccc2)CC1.O=C=O. The van der Waals surface area contributed by atoms with Crippen molar-refractivity contribution < 1.29 is 19.6 Å². The van der Waals surface area contributed by atoms with Crippen LogP contribution in [0, 0.1) is 0 Å². The van der Waals surface area contributed by atoms with Crippen molar-refractivity contribution in [2.45, 2.75) is 44.5 Å². The summed E-state index contributed by atoms with van der Waals surface area (Å²) in [6, 6.07) is 10.8. The molecule has 0 aliphatic carbocycles. The quantitative estimate of drug-likeness (QED) is 0.456. The van der Waals surface area contributed by atoms with Gasteiger partial charge in [0.2, 0.25) is 0 Å². The van der Waals surface area contributed by atoms with Gasteiger partial charge in [0.1, 0.15) is 0 Å². The van der Waals surface area contributed by atoms with Gasteiger partial charge in [-0.15, -0.1) is 0 Å². The summed E-state index contributed by atoms with van der Waals surface area (Å²) in [6.07, 6.45) is 7.92. The lowest BCUT2D eigenvalue weighted by Gasteiger charge is -2.27. The number of nitrogens with zero attached hydrogens (tertiary/aromatic N) is 1. The predicted octanol–water partition coefficient (Wildman–Crippen LogP) is 1.55. The van der Waals surface area contributed by atoms with Gasteiger partial charge in [0.25, 0.3) is 0 Å². The van der Waals surface area contributed by atoms with Crippen LogP contribution in [0.4, 0.5) is 0 Å². The van der Waals surface area contributed by atoms with Crippen LogP contribution in [0.25, 0.3) is 5.57 Å². The van der Waals surface area contributed by atoms with E-state index in [1.807, 2.05) is 0 Å². The normalized spacial score (nSPS) is 15.3. The Labute approximate surface area is 155 Å². The third-order valence-electron chi connectivity index (χ3n) is 4.54. The zero-order chi connectivity index (χ0) is 19.2. The van der Waals surface area contributed by atoms with Crippen LogP contribution in [0.5, 0.6) is 0 Å². The summed E-state index contributed by atoms with van der Waals surface area (Å²) in [6.45, 7) is 3.15. The Morgan fingerprint density at radius 1 is 1.15 bits per heavy atom. The van der Waals surface area contributed by atoms with Gasteiger partial charge in [-0.2, -0.15) is 9.59 Å². The molecular formula is C19H29BN2O4. The van der Waals surface area contributed by atoms with Crippen LogP contribution < -0.4 is 5.73 Å². The smallest absolute Gasteiger partial charge is 0.427 e. The Kier molecular flexibility index (Phi) is 11.5. The molecule has 1 aromatic carbocycles. The van der Waals surface area contributed by atoms with E-state index in [1.165, 1.54) is 11.1 Å². The average molecular weight is 360 g/mol. The van der Waals surface area contributed by atoms with Gasteiger partial charge in [0, 0.05) is 19.1 Å². The van der Waals surface area contributed by atoms with Gasteiger partial charge in [0.15, 0.2) is 0 Å². The predicted molar refractivity (Wildman–Crippen MR) is 102 cm³/mol. The highest BCUT2D eigenvalue weighted by atomic mass is 16.4. The summed E-state index contributed by atoms with van der Waals surface area (Å²) in [7, 11) is -1.18. The average Bonchev–Trinajstić information content (AvgIpc) is 2.65. The molecular weight excluding hydrogens is 331 g/mol. The Bertz CT molecular complexity index is 560. The minimum Gasteiger partial charge on any atom is -0.427 e. The van der Waals surface area contributed by atoms with Crippen LogP contribution in [0.1, 0.15) is 37.7 Å². The van der Waals surface area contributed by atoms with Crippen LogP contribution >= 0.6 is 0 Å².